The molecule has 0 radical (unpaired) electrons. The van der Waals surface area contributed by atoms with Crippen molar-refractivity contribution in [3.63, 3.8) is 0 Å². The van der Waals surface area contributed by atoms with Crippen molar-refractivity contribution in [3.05, 3.63) is 69.8 Å². The Kier molecular flexibility index (Phi) is 7.08. The molecule has 174 valence electrons. The molecule has 5 nitrogen and oxygen atoms in total. The lowest BCUT2D eigenvalue weighted by atomic mass is 9.90. The van der Waals surface area contributed by atoms with E-state index in [0.717, 1.165) is 44.1 Å². The first kappa shape index (κ1) is 23.4. The van der Waals surface area contributed by atoms with Gasteiger partial charge in [-0.1, -0.05) is 62.1 Å². The van der Waals surface area contributed by atoms with Crippen molar-refractivity contribution >= 4 is 29.1 Å². The molecular formula is C27H30ClNO4. The molecular weight excluding hydrogens is 438 g/mol. The molecule has 0 bridgehead atoms. The summed E-state index contributed by atoms with van der Waals surface area (Å²) in [7, 11) is 0. The largest absolute Gasteiger partial charge is 0.507 e. The summed E-state index contributed by atoms with van der Waals surface area (Å²) in [6, 6.07) is 12.2. The second-order valence-electron chi connectivity index (χ2n) is 8.67. The minimum Gasteiger partial charge on any atom is -0.507 e. The van der Waals surface area contributed by atoms with Crippen LogP contribution in [0.1, 0.15) is 68.7 Å². The van der Waals surface area contributed by atoms with E-state index in [0.29, 0.717) is 22.9 Å². The molecule has 1 N–H and O–H groups in total. The Bertz CT molecular complexity index is 1070. The van der Waals surface area contributed by atoms with Crippen LogP contribution in [0.5, 0.6) is 5.75 Å². The fourth-order valence-electron chi connectivity index (χ4n) is 4.94. The number of rotatable bonds is 6. The summed E-state index contributed by atoms with van der Waals surface area (Å²) in [6.45, 7) is 4.40. The van der Waals surface area contributed by atoms with E-state index in [-0.39, 0.29) is 17.4 Å². The number of carbonyl (C=O) groups excluding carboxylic acids is 2. The molecule has 2 fully saturated rings. The van der Waals surface area contributed by atoms with Crippen molar-refractivity contribution in [2.45, 2.75) is 64.5 Å². The molecule has 0 aromatic heterocycles. The molecule has 2 aromatic carbocycles. The van der Waals surface area contributed by atoms with Crippen LogP contribution >= 0.6 is 11.6 Å². The van der Waals surface area contributed by atoms with E-state index in [9.17, 15) is 14.7 Å². The average molecular weight is 468 g/mol. The predicted octanol–water partition coefficient (Wildman–Crippen LogP) is 6.06. The van der Waals surface area contributed by atoms with E-state index in [4.69, 9.17) is 16.3 Å². The number of halogens is 1. The molecule has 1 saturated heterocycles. The lowest BCUT2D eigenvalue weighted by Crippen LogP contribution is -2.40. The minimum absolute atomic E-state index is 0.0263. The van der Waals surface area contributed by atoms with Gasteiger partial charge >= 0.3 is 0 Å². The number of benzene rings is 2. The number of ketones is 1. The Morgan fingerprint density at radius 3 is 2.39 bits per heavy atom. The quantitative estimate of drug-likeness (QED) is 0.319. The summed E-state index contributed by atoms with van der Waals surface area (Å²) in [5.74, 6) is -0.942. The number of aliphatic hydroxyl groups is 1. The number of aryl methyl sites for hydroxylation is 1. The normalized spacial score (nSPS) is 20.9. The molecule has 1 amide bonds. The van der Waals surface area contributed by atoms with E-state index in [2.05, 4.69) is 6.92 Å². The Hall–Kier alpha value is -2.79. The highest BCUT2D eigenvalue weighted by molar-refractivity contribution is 6.47. The Morgan fingerprint density at radius 2 is 1.76 bits per heavy atom. The number of nitrogens with zero attached hydrogens (tertiary/aromatic N) is 1. The van der Waals surface area contributed by atoms with Crippen LogP contribution in [0, 0.1) is 0 Å². The molecule has 1 aliphatic carbocycles. The van der Waals surface area contributed by atoms with Gasteiger partial charge in [0, 0.05) is 11.6 Å². The number of Topliss-reactive ketones (excluding diaryl/α,β-unsaturated/α-hetero) is 1. The fraction of sp³-hybridized carbons (Fsp3) is 0.407. The van der Waals surface area contributed by atoms with Crippen molar-refractivity contribution in [3.8, 4) is 5.75 Å². The van der Waals surface area contributed by atoms with Crippen LogP contribution in [0.15, 0.2) is 48.0 Å². The van der Waals surface area contributed by atoms with E-state index >= 15 is 0 Å². The zero-order chi connectivity index (χ0) is 23.5. The minimum atomic E-state index is -0.666. The highest BCUT2D eigenvalue weighted by atomic mass is 35.5. The fourth-order valence-corrected chi connectivity index (χ4v) is 5.14. The zero-order valence-corrected chi connectivity index (χ0v) is 19.9. The third-order valence-electron chi connectivity index (χ3n) is 6.66. The van der Waals surface area contributed by atoms with Gasteiger partial charge < -0.3 is 14.7 Å². The van der Waals surface area contributed by atoms with Crippen molar-refractivity contribution in [1.29, 1.82) is 0 Å². The number of hydrogen-bond acceptors (Lipinski definition) is 4. The summed E-state index contributed by atoms with van der Waals surface area (Å²) in [6.07, 6.45) is 5.79. The SMILES string of the molecule is CCOc1ccc(Cl)c(/C(O)=C2\C(=O)C(=O)N(C3CCCCC3)C2c2ccc(CC)cc2)c1. The maximum absolute atomic E-state index is 13.3. The molecule has 2 aliphatic rings. The molecule has 0 spiro atoms. The van der Waals surface area contributed by atoms with Gasteiger partial charge in [-0.3, -0.25) is 9.59 Å². The van der Waals surface area contributed by atoms with Crippen LogP contribution in [0.2, 0.25) is 5.02 Å². The topological polar surface area (TPSA) is 66.8 Å². The van der Waals surface area contributed by atoms with Crippen LogP contribution in [-0.4, -0.2) is 34.3 Å². The van der Waals surface area contributed by atoms with Gasteiger partial charge in [0.15, 0.2) is 0 Å². The van der Waals surface area contributed by atoms with Gasteiger partial charge in [0.05, 0.1) is 23.2 Å². The molecule has 1 atom stereocenters. The van der Waals surface area contributed by atoms with Crippen LogP contribution in [0.4, 0.5) is 0 Å². The average Bonchev–Trinajstić information content (AvgIpc) is 3.11. The molecule has 1 unspecified atom stereocenters. The second kappa shape index (κ2) is 10.0. The van der Waals surface area contributed by atoms with E-state index in [1.807, 2.05) is 31.2 Å². The molecule has 1 aliphatic heterocycles. The summed E-state index contributed by atoms with van der Waals surface area (Å²) in [5, 5.41) is 11.7. The van der Waals surface area contributed by atoms with Crippen molar-refractivity contribution < 1.29 is 19.4 Å². The van der Waals surface area contributed by atoms with Gasteiger partial charge in [-0.15, -0.1) is 0 Å². The first-order valence-corrected chi connectivity index (χ1v) is 12.2. The molecule has 1 heterocycles. The van der Waals surface area contributed by atoms with Gasteiger partial charge in [0.1, 0.15) is 11.5 Å². The Balaban J connectivity index is 1.87. The van der Waals surface area contributed by atoms with Crippen molar-refractivity contribution in [1.82, 2.24) is 4.90 Å². The van der Waals surface area contributed by atoms with Crippen LogP contribution in [0.3, 0.4) is 0 Å². The number of hydrogen-bond donors (Lipinski definition) is 1. The summed E-state index contributed by atoms with van der Waals surface area (Å²) in [5.41, 5.74) is 2.36. The molecule has 4 rings (SSSR count). The predicted molar refractivity (Wildman–Crippen MR) is 129 cm³/mol. The Labute approximate surface area is 200 Å². The molecule has 33 heavy (non-hydrogen) atoms. The monoisotopic (exact) mass is 467 g/mol. The van der Waals surface area contributed by atoms with E-state index in [1.165, 1.54) is 5.56 Å². The van der Waals surface area contributed by atoms with E-state index < -0.39 is 17.7 Å². The maximum atomic E-state index is 13.3. The number of likely N-dealkylation sites (tertiary alicyclic amines) is 1. The third kappa shape index (κ3) is 4.51. The summed E-state index contributed by atoms with van der Waals surface area (Å²) in [4.78, 5) is 28.3. The van der Waals surface area contributed by atoms with Gasteiger partial charge in [-0.05, 0) is 55.5 Å². The van der Waals surface area contributed by atoms with Crippen LogP contribution in [-0.2, 0) is 16.0 Å². The van der Waals surface area contributed by atoms with Crippen molar-refractivity contribution in [2.75, 3.05) is 6.61 Å². The standard InChI is InChI=1S/C27H30ClNO4/c1-3-17-10-12-18(13-11-17)24-23(25(30)21-16-20(33-4-2)14-15-22(21)28)26(31)27(32)29(24)19-8-6-5-7-9-19/h10-16,19,24,30H,3-9H2,1-2H3/b25-23+. The third-order valence-corrected chi connectivity index (χ3v) is 6.99. The van der Waals surface area contributed by atoms with Crippen LogP contribution < -0.4 is 4.74 Å². The number of carbonyl (C=O) groups is 2. The molecule has 1 saturated carbocycles. The number of amides is 1. The van der Waals surface area contributed by atoms with E-state index in [1.54, 1.807) is 23.1 Å². The van der Waals surface area contributed by atoms with Gasteiger partial charge in [-0.25, -0.2) is 0 Å². The lowest BCUT2D eigenvalue weighted by molar-refractivity contribution is -0.141. The lowest BCUT2D eigenvalue weighted by Gasteiger charge is -2.35. The zero-order valence-electron chi connectivity index (χ0n) is 19.1. The second-order valence-corrected chi connectivity index (χ2v) is 9.08. The first-order valence-electron chi connectivity index (χ1n) is 11.8. The summed E-state index contributed by atoms with van der Waals surface area (Å²) >= 11 is 6.41. The van der Waals surface area contributed by atoms with Gasteiger partial charge in [0.2, 0.25) is 0 Å². The number of ether oxygens (including phenoxy) is 1. The molecule has 2 aromatic rings. The smallest absolute Gasteiger partial charge is 0.295 e. The highest BCUT2D eigenvalue weighted by Gasteiger charge is 2.49. The Morgan fingerprint density at radius 1 is 1.06 bits per heavy atom. The van der Waals surface area contributed by atoms with Crippen LogP contribution in [0.25, 0.3) is 5.76 Å². The van der Waals surface area contributed by atoms with Gasteiger partial charge in [-0.2, -0.15) is 0 Å². The molecule has 6 heteroatoms. The van der Waals surface area contributed by atoms with Gasteiger partial charge in [0.25, 0.3) is 11.7 Å². The highest BCUT2D eigenvalue weighted by Crippen LogP contribution is 2.44. The van der Waals surface area contributed by atoms with Crippen molar-refractivity contribution in [2.24, 2.45) is 0 Å². The summed E-state index contributed by atoms with van der Waals surface area (Å²) < 4.78 is 5.56. The maximum Gasteiger partial charge on any atom is 0.295 e. The first-order chi connectivity index (χ1) is 16.0. The number of aliphatic hydroxyl groups excluding tert-OH is 1.